The zero-order chi connectivity index (χ0) is 16.9. The Hall–Kier alpha value is -1.85. The minimum Gasteiger partial charge on any atom is -0.337 e. The van der Waals surface area contributed by atoms with Crippen LogP contribution in [0.5, 0.6) is 0 Å². The van der Waals surface area contributed by atoms with Gasteiger partial charge >= 0.3 is 6.03 Å². The number of unbranched alkanes of at least 4 members (excludes halogenated alkanes) is 1. The van der Waals surface area contributed by atoms with Gasteiger partial charge in [-0.05, 0) is 25.8 Å². The minimum atomic E-state index is -4.26. The molecule has 1 aromatic heterocycles. The number of hydrogen-bond donors (Lipinski definition) is 2. The van der Waals surface area contributed by atoms with Crippen molar-refractivity contribution in [1.29, 1.82) is 5.26 Å². The summed E-state index contributed by atoms with van der Waals surface area (Å²) in [6.07, 6.45) is 1.59. The van der Waals surface area contributed by atoms with Gasteiger partial charge in [0.05, 0.1) is 16.3 Å². The van der Waals surface area contributed by atoms with Crippen molar-refractivity contribution in [1.82, 2.24) is 15.0 Å². The Bertz CT molecular complexity index is 726. The number of carbonyl (C=O) groups is 1. The van der Waals surface area contributed by atoms with Gasteiger partial charge < -0.3 is 5.32 Å². The van der Waals surface area contributed by atoms with Crippen molar-refractivity contribution in [2.75, 3.05) is 6.54 Å². The largest absolute Gasteiger partial charge is 0.337 e. The lowest BCUT2D eigenvalue weighted by molar-refractivity contribution is 0.245. The van der Waals surface area contributed by atoms with Crippen molar-refractivity contribution >= 4 is 27.7 Å². The van der Waals surface area contributed by atoms with Crippen LogP contribution in [0.3, 0.4) is 0 Å². The summed E-state index contributed by atoms with van der Waals surface area (Å²) in [5, 5.41) is 11.3. The number of aromatic nitrogens is 1. The second kappa shape index (κ2) is 7.42. The SMILES string of the molecule is CCCCNC(=O)NS(=O)(=O)c1nc(C)c(Cl)c(C)c1C#N. The summed E-state index contributed by atoms with van der Waals surface area (Å²) >= 11 is 5.97. The molecule has 0 radical (unpaired) electrons. The Labute approximate surface area is 134 Å². The molecule has 0 fully saturated rings. The first-order valence-electron chi connectivity index (χ1n) is 6.62. The van der Waals surface area contributed by atoms with Gasteiger partial charge in [0.25, 0.3) is 10.0 Å². The van der Waals surface area contributed by atoms with E-state index in [1.807, 2.05) is 11.6 Å². The molecular formula is C13H17ClN4O3S. The molecule has 0 aliphatic carbocycles. The number of nitriles is 1. The number of pyridine rings is 1. The third-order valence-corrected chi connectivity index (χ3v) is 4.73. The van der Waals surface area contributed by atoms with Crippen LogP contribution in [-0.4, -0.2) is 26.0 Å². The zero-order valence-electron chi connectivity index (χ0n) is 12.5. The molecule has 0 spiro atoms. The molecule has 1 aromatic rings. The van der Waals surface area contributed by atoms with Crippen LogP contribution in [0.2, 0.25) is 5.02 Å². The number of urea groups is 1. The molecule has 1 rings (SSSR count). The summed E-state index contributed by atoms with van der Waals surface area (Å²) in [6.45, 7) is 5.35. The van der Waals surface area contributed by atoms with E-state index in [2.05, 4.69) is 10.3 Å². The molecule has 0 aromatic carbocycles. The Morgan fingerprint density at radius 1 is 1.41 bits per heavy atom. The van der Waals surface area contributed by atoms with Crippen molar-refractivity contribution in [3.63, 3.8) is 0 Å². The molecule has 0 aliphatic rings. The third kappa shape index (κ3) is 4.08. The first kappa shape index (κ1) is 18.2. The van der Waals surface area contributed by atoms with Crippen molar-refractivity contribution < 1.29 is 13.2 Å². The highest BCUT2D eigenvalue weighted by molar-refractivity contribution is 7.90. The van der Waals surface area contributed by atoms with Crippen LogP contribution in [0.15, 0.2) is 5.03 Å². The maximum Gasteiger partial charge on any atom is 0.328 e. The van der Waals surface area contributed by atoms with Gasteiger partial charge in [-0.15, -0.1) is 0 Å². The Kier molecular flexibility index (Phi) is 6.14. The van der Waals surface area contributed by atoms with E-state index in [0.717, 1.165) is 12.8 Å². The second-order valence-electron chi connectivity index (χ2n) is 4.64. The number of carbonyl (C=O) groups excluding carboxylic acids is 1. The van der Waals surface area contributed by atoms with Gasteiger partial charge in [0.15, 0.2) is 5.03 Å². The summed E-state index contributed by atoms with van der Waals surface area (Å²) in [6, 6.07) is 0.909. The first-order chi connectivity index (χ1) is 10.2. The Balaban J connectivity index is 3.14. The number of amides is 2. The molecule has 9 heteroatoms. The molecule has 2 amide bonds. The fourth-order valence-electron chi connectivity index (χ4n) is 1.71. The summed E-state index contributed by atoms with van der Waals surface area (Å²) in [4.78, 5) is 15.4. The molecule has 2 N–H and O–H groups in total. The highest BCUT2D eigenvalue weighted by Gasteiger charge is 2.26. The second-order valence-corrected chi connectivity index (χ2v) is 6.62. The molecule has 7 nitrogen and oxygen atoms in total. The van der Waals surface area contributed by atoms with Crippen LogP contribution >= 0.6 is 11.6 Å². The lowest BCUT2D eigenvalue weighted by atomic mass is 10.1. The van der Waals surface area contributed by atoms with Gasteiger partial charge in [0.1, 0.15) is 6.07 Å². The van der Waals surface area contributed by atoms with Crippen molar-refractivity contribution in [2.45, 2.75) is 38.6 Å². The quantitative estimate of drug-likeness (QED) is 0.793. The average molecular weight is 345 g/mol. The number of nitrogens with zero attached hydrogens (tertiary/aromatic N) is 2. The van der Waals surface area contributed by atoms with Gasteiger partial charge in [0.2, 0.25) is 0 Å². The molecule has 0 bridgehead atoms. The van der Waals surface area contributed by atoms with Crippen LogP contribution in [0, 0.1) is 25.2 Å². The molecule has 0 saturated carbocycles. The van der Waals surface area contributed by atoms with Crippen molar-refractivity contribution in [3.05, 3.63) is 21.8 Å². The average Bonchev–Trinajstić information content (AvgIpc) is 2.44. The van der Waals surface area contributed by atoms with Crippen LogP contribution in [0.1, 0.15) is 36.6 Å². The van der Waals surface area contributed by atoms with E-state index in [4.69, 9.17) is 16.9 Å². The highest BCUT2D eigenvalue weighted by atomic mass is 35.5. The van der Waals surface area contributed by atoms with E-state index in [0.29, 0.717) is 12.1 Å². The van der Waals surface area contributed by atoms with E-state index in [-0.39, 0.29) is 16.3 Å². The Morgan fingerprint density at radius 3 is 2.59 bits per heavy atom. The van der Waals surface area contributed by atoms with Gasteiger partial charge in [-0.3, -0.25) is 0 Å². The molecule has 22 heavy (non-hydrogen) atoms. The number of sulfonamides is 1. The standard InChI is InChI=1S/C13H17ClN4O3S/c1-4-5-6-16-13(19)18-22(20,21)12-10(7-15)8(2)11(14)9(3)17-12/h4-6H2,1-3H3,(H2,16,18,19). The maximum absolute atomic E-state index is 12.2. The minimum absolute atomic E-state index is 0.176. The topological polar surface area (TPSA) is 112 Å². The lowest BCUT2D eigenvalue weighted by Crippen LogP contribution is -2.40. The van der Waals surface area contributed by atoms with Gasteiger partial charge in [0, 0.05) is 6.54 Å². The van der Waals surface area contributed by atoms with Gasteiger partial charge in [-0.2, -0.15) is 13.7 Å². The molecule has 1 heterocycles. The third-order valence-electron chi connectivity index (χ3n) is 2.91. The molecule has 120 valence electrons. The van der Waals surface area contributed by atoms with E-state index >= 15 is 0 Å². The molecule has 0 atom stereocenters. The predicted molar refractivity (Wildman–Crippen MR) is 82.1 cm³/mol. The molecule has 0 aliphatic heterocycles. The van der Waals surface area contributed by atoms with Gasteiger partial charge in [-0.1, -0.05) is 24.9 Å². The number of aryl methyl sites for hydroxylation is 1. The summed E-state index contributed by atoms with van der Waals surface area (Å²) in [5.41, 5.74) is 0.401. The first-order valence-corrected chi connectivity index (χ1v) is 8.48. The van der Waals surface area contributed by atoms with Crippen molar-refractivity contribution in [2.24, 2.45) is 0 Å². The van der Waals surface area contributed by atoms with E-state index in [1.165, 1.54) is 13.8 Å². The Morgan fingerprint density at radius 2 is 2.05 bits per heavy atom. The normalized spacial score (nSPS) is 10.9. The van der Waals surface area contributed by atoms with Crippen molar-refractivity contribution in [3.8, 4) is 6.07 Å². The smallest absolute Gasteiger partial charge is 0.328 e. The van der Waals surface area contributed by atoms with Crippen LogP contribution < -0.4 is 10.0 Å². The maximum atomic E-state index is 12.2. The summed E-state index contributed by atoms with van der Waals surface area (Å²) < 4.78 is 26.3. The lowest BCUT2D eigenvalue weighted by Gasteiger charge is -2.12. The van der Waals surface area contributed by atoms with Crippen LogP contribution in [0.25, 0.3) is 0 Å². The fourth-order valence-corrected chi connectivity index (χ4v) is 2.98. The fraction of sp³-hybridized carbons (Fsp3) is 0.462. The monoisotopic (exact) mass is 344 g/mol. The van der Waals surface area contributed by atoms with E-state index in [9.17, 15) is 13.2 Å². The molecule has 0 saturated heterocycles. The predicted octanol–water partition coefficient (Wildman–Crippen LogP) is 2.01. The number of hydrogen-bond acceptors (Lipinski definition) is 5. The zero-order valence-corrected chi connectivity index (χ0v) is 14.1. The number of nitrogens with one attached hydrogen (secondary N) is 2. The van der Waals surface area contributed by atoms with Gasteiger partial charge in [-0.25, -0.2) is 14.5 Å². The van der Waals surface area contributed by atoms with E-state index in [1.54, 1.807) is 6.07 Å². The molecular weight excluding hydrogens is 328 g/mol. The summed E-state index contributed by atoms with van der Waals surface area (Å²) in [7, 11) is -4.26. The van der Waals surface area contributed by atoms with E-state index < -0.39 is 21.1 Å². The number of rotatable bonds is 5. The number of halogens is 1. The van der Waals surface area contributed by atoms with Crippen LogP contribution in [-0.2, 0) is 10.0 Å². The van der Waals surface area contributed by atoms with Crippen LogP contribution in [0.4, 0.5) is 4.79 Å². The summed E-state index contributed by atoms with van der Waals surface area (Å²) in [5.74, 6) is 0. The molecule has 0 unspecified atom stereocenters. The highest BCUT2D eigenvalue weighted by Crippen LogP contribution is 2.26.